The van der Waals surface area contributed by atoms with Crippen molar-refractivity contribution >= 4 is 22.6 Å². The summed E-state index contributed by atoms with van der Waals surface area (Å²) < 4.78 is 4.92. The predicted octanol–water partition coefficient (Wildman–Crippen LogP) is 1.78. The molecule has 2 rings (SSSR count). The van der Waals surface area contributed by atoms with Gasteiger partial charge in [0.05, 0.1) is 18.1 Å². The number of aromatic nitrogens is 1. The molecule has 7 nitrogen and oxygen atoms in total. The fourth-order valence-electron chi connectivity index (χ4n) is 1.58. The van der Waals surface area contributed by atoms with Gasteiger partial charge in [0.25, 0.3) is 5.69 Å². The van der Waals surface area contributed by atoms with Crippen molar-refractivity contribution < 1.29 is 19.6 Å². The summed E-state index contributed by atoms with van der Waals surface area (Å²) in [6, 6.07) is 4.10. The first kappa shape index (κ1) is 10.9. The first-order valence-corrected chi connectivity index (χ1v) is 4.61. The number of aromatic carboxylic acids is 1. The monoisotopic (exact) mass is 236 g/mol. The molecule has 0 unspecified atom stereocenters. The minimum Gasteiger partial charge on any atom is -0.496 e. The van der Waals surface area contributed by atoms with Crippen LogP contribution in [0.5, 0.6) is 5.75 Å². The first-order chi connectivity index (χ1) is 8.02. The topological polar surface area (TPSA) is 105 Å². The van der Waals surface area contributed by atoms with E-state index >= 15 is 0 Å². The molecule has 1 aromatic heterocycles. The highest BCUT2D eigenvalue weighted by Crippen LogP contribution is 2.30. The maximum absolute atomic E-state index is 10.8. The maximum Gasteiger partial charge on any atom is 0.352 e. The SMILES string of the molecule is COc1cc([N+](=O)[O-])c2[nH]c(C(=O)O)cc2c1. The van der Waals surface area contributed by atoms with Crippen molar-refractivity contribution in [3.8, 4) is 5.75 Å². The van der Waals surface area contributed by atoms with Gasteiger partial charge in [-0.15, -0.1) is 0 Å². The van der Waals surface area contributed by atoms with Gasteiger partial charge in [-0.3, -0.25) is 10.1 Å². The third-order valence-corrected chi connectivity index (χ3v) is 2.34. The number of nitrogens with one attached hydrogen (secondary N) is 1. The van der Waals surface area contributed by atoms with E-state index < -0.39 is 10.9 Å². The summed E-state index contributed by atoms with van der Waals surface area (Å²) in [5.74, 6) is -0.866. The first-order valence-electron chi connectivity index (χ1n) is 4.61. The van der Waals surface area contributed by atoms with Crippen LogP contribution in [0.2, 0.25) is 0 Å². The van der Waals surface area contributed by atoms with Crippen LogP contribution in [0.3, 0.4) is 0 Å². The minimum absolute atomic E-state index is 0.101. The molecule has 88 valence electrons. The highest BCUT2D eigenvalue weighted by atomic mass is 16.6. The molecule has 2 N–H and O–H groups in total. The van der Waals surface area contributed by atoms with E-state index in [0.717, 1.165) is 0 Å². The fourth-order valence-corrected chi connectivity index (χ4v) is 1.58. The summed E-state index contributed by atoms with van der Waals surface area (Å²) in [6.45, 7) is 0. The zero-order valence-electron chi connectivity index (χ0n) is 8.76. The number of fused-ring (bicyclic) bond motifs is 1. The average molecular weight is 236 g/mol. The van der Waals surface area contributed by atoms with Gasteiger partial charge in [0.1, 0.15) is 17.0 Å². The summed E-state index contributed by atoms with van der Waals surface area (Å²) >= 11 is 0. The van der Waals surface area contributed by atoms with Gasteiger partial charge >= 0.3 is 5.97 Å². The standard InChI is InChI=1S/C10H8N2O5/c1-17-6-2-5-3-7(10(13)14)11-9(5)8(4-6)12(15)16/h2-4,11H,1H3,(H,13,14). The van der Waals surface area contributed by atoms with Crippen molar-refractivity contribution in [1.29, 1.82) is 0 Å². The Labute approximate surface area is 94.8 Å². The third-order valence-electron chi connectivity index (χ3n) is 2.34. The number of carboxylic acids is 1. The number of benzene rings is 1. The van der Waals surface area contributed by atoms with Crippen LogP contribution in [0.1, 0.15) is 10.5 Å². The summed E-state index contributed by atoms with van der Waals surface area (Å²) in [7, 11) is 1.38. The van der Waals surface area contributed by atoms with Gasteiger partial charge in [-0.1, -0.05) is 0 Å². The molecule has 1 heterocycles. The molecule has 0 spiro atoms. The Bertz CT molecular complexity index is 616. The third kappa shape index (κ3) is 1.78. The van der Waals surface area contributed by atoms with E-state index in [4.69, 9.17) is 9.84 Å². The summed E-state index contributed by atoms with van der Waals surface area (Å²) in [4.78, 5) is 23.5. The second-order valence-corrected chi connectivity index (χ2v) is 3.36. The fraction of sp³-hybridized carbons (Fsp3) is 0.100. The molecule has 17 heavy (non-hydrogen) atoms. The van der Waals surface area contributed by atoms with Gasteiger partial charge in [-0.05, 0) is 12.1 Å². The van der Waals surface area contributed by atoms with Crippen molar-refractivity contribution in [2.75, 3.05) is 7.11 Å². The molecule has 1 aromatic carbocycles. The Morgan fingerprint density at radius 1 is 1.47 bits per heavy atom. The smallest absolute Gasteiger partial charge is 0.352 e. The molecule has 0 saturated heterocycles. The number of hydrogen-bond donors (Lipinski definition) is 2. The summed E-state index contributed by atoms with van der Waals surface area (Å²) in [5.41, 5.74) is -0.142. The number of H-pyrrole nitrogens is 1. The molecule has 0 aliphatic carbocycles. The molecule has 0 saturated carbocycles. The number of carbonyl (C=O) groups is 1. The number of aromatic amines is 1. The number of non-ortho nitro benzene ring substituents is 1. The van der Waals surface area contributed by atoms with Gasteiger partial charge < -0.3 is 14.8 Å². The molecule has 0 aliphatic rings. The minimum atomic E-state index is -1.17. The van der Waals surface area contributed by atoms with Crippen LogP contribution < -0.4 is 4.74 Å². The van der Waals surface area contributed by atoms with Crippen LogP contribution in [0.4, 0.5) is 5.69 Å². The molecule has 0 fully saturated rings. The van der Waals surface area contributed by atoms with Crippen molar-refractivity contribution in [1.82, 2.24) is 4.98 Å². The van der Waals surface area contributed by atoms with E-state index in [1.54, 1.807) is 0 Å². The van der Waals surface area contributed by atoms with Crippen LogP contribution in [0.15, 0.2) is 18.2 Å². The van der Waals surface area contributed by atoms with E-state index in [9.17, 15) is 14.9 Å². The van der Waals surface area contributed by atoms with Crippen molar-refractivity contribution in [3.05, 3.63) is 34.0 Å². The number of carboxylic acid groups (broad SMARTS) is 1. The Hall–Kier alpha value is -2.57. The lowest BCUT2D eigenvalue weighted by Crippen LogP contribution is -1.95. The molecule has 0 atom stereocenters. The Balaban J connectivity index is 2.77. The van der Waals surface area contributed by atoms with E-state index in [-0.39, 0.29) is 16.9 Å². The van der Waals surface area contributed by atoms with Gasteiger partial charge in [0.15, 0.2) is 0 Å². The molecule has 0 bridgehead atoms. The van der Waals surface area contributed by atoms with E-state index in [0.29, 0.717) is 11.1 Å². The number of hydrogen-bond acceptors (Lipinski definition) is 4. The molecule has 0 aliphatic heterocycles. The molecular formula is C10H8N2O5. The Morgan fingerprint density at radius 3 is 2.71 bits per heavy atom. The Morgan fingerprint density at radius 2 is 2.18 bits per heavy atom. The Kier molecular flexibility index (Phi) is 2.43. The van der Waals surface area contributed by atoms with Crippen molar-refractivity contribution in [2.24, 2.45) is 0 Å². The predicted molar refractivity (Wildman–Crippen MR) is 58.5 cm³/mol. The van der Waals surface area contributed by atoms with E-state index in [1.807, 2.05) is 0 Å². The highest BCUT2D eigenvalue weighted by Gasteiger charge is 2.18. The lowest BCUT2D eigenvalue weighted by atomic mass is 10.2. The zero-order chi connectivity index (χ0) is 12.6. The van der Waals surface area contributed by atoms with Crippen molar-refractivity contribution in [2.45, 2.75) is 0 Å². The number of nitro benzene ring substituents is 1. The maximum atomic E-state index is 10.8. The normalized spacial score (nSPS) is 10.4. The van der Waals surface area contributed by atoms with Gasteiger partial charge in [-0.2, -0.15) is 0 Å². The van der Waals surface area contributed by atoms with Gasteiger partial charge in [0.2, 0.25) is 0 Å². The second kappa shape index (κ2) is 3.78. The van der Waals surface area contributed by atoms with E-state index in [2.05, 4.69) is 4.98 Å². The average Bonchev–Trinajstić information content (AvgIpc) is 2.70. The lowest BCUT2D eigenvalue weighted by molar-refractivity contribution is -0.383. The highest BCUT2D eigenvalue weighted by molar-refractivity contribution is 5.97. The number of ether oxygens (including phenoxy) is 1. The lowest BCUT2D eigenvalue weighted by Gasteiger charge is -2.00. The van der Waals surface area contributed by atoms with Gasteiger partial charge in [-0.25, -0.2) is 4.79 Å². The zero-order valence-corrected chi connectivity index (χ0v) is 8.76. The van der Waals surface area contributed by atoms with Crippen LogP contribution in [-0.4, -0.2) is 28.1 Å². The van der Waals surface area contributed by atoms with Gasteiger partial charge in [0, 0.05) is 5.39 Å². The number of nitrogens with zero attached hydrogens (tertiary/aromatic N) is 1. The largest absolute Gasteiger partial charge is 0.496 e. The molecule has 0 radical (unpaired) electrons. The van der Waals surface area contributed by atoms with Crippen LogP contribution in [-0.2, 0) is 0 Å². The second-order valence-electron chi connectivity index (χ2n) is 3.36. The number of nitro groups is 1. The number of rotatable bonds is 3. The van der Waals surface area contributed by atoms with Crippen molar-refractivity contribution in [3.63, 3.8) is 0 Å². The summed E-state index contributed by atoms with van der Waals surface area (Å²) in [5, 5.41) is 20.1. The van der Waals surface area contributed by atoms with Crippen LogP contribution >= 0.6 is 0 Å². The van der Waals surface area contributed by atoms with Crippen LogP contribution in [0.25, 0.3) is 10.9 Å². The molecule has 2 aromatic rings. The molecular weight excluding hydrogens is 228 g/mol. The number of methoxy groups -OCH3 is 1. The molecule has 0 amide bonds. The van der Waals surface area contributed by atoms with Crippen LogP contribution in [0, 0.1) is 10.1 Å². The summed E-state index contributed by atoms with van der Waals surface area (Å²) in [6.07, 6.45) is 0. The van der Waals surface area contributed by atoms with E-state index in [1.165, 1.54) is 25.3 Å². The quantitative estimate of drug-likeness (QED) is 0.624. The molecule has 7 heteroatoms.